The minimum atomic E-state index is -1.76. The first-order valence-electron chi connectivity index (χ1n) is 11.0. The summed E-state index contributed by atoms with van der Waals surface area (Å²) in [6.45, 7) is 5.91. The number of carboxylic acids is 1. The number of rotatable bonds is 10. The Balaban J connectivity index is 2.04. The van der Waals surface area contributed by atoms with Gasteiger partial charge in [0, 0.05) is 12.3 Å². The Morgan fingerprint density at radius 3 is 2.60 bits per heavy atom. The number of ether oxygens (including phenoxy) is 1. The molecule has 0 bridgehead atoms. The highest BCUT2D eigenvalue weighted by molar-refractivity contribution is 5.72. The fourth-order valence-electron chi connectivity index (χ4n) is 4.47. The van der Waals surface area contributed by atoms with Gasteiger partial charge in [-0.2, -0.15) is 0 Å². The second-order valence-electron chi connectivity index (χ2n) is 8.80. The number of fused-ring (bicyclic) bond motifs is 1. The maximum Gasteiger partial charge on any atom is 0.335 e. The van der Waals surface area contributed by atoms with Crippen molar-refractivity contribution >= 4 is 11.9 Å². The number of allylic oxidation sites excluding steroid dienone is 2. The standard InChI is InChI=1S/C23H36O7/c1-4-13(2)23(29)30-19-12-16(24)11-15-10-9-14(3)17(20(15)19)7-5-6-8-18(25)21(26)22(27)28/h9-11,13-14,16-21,24-26H,4-8,12H2,1-3H3,(H,27,28)/t13?,14-,16+,17-,18+,19-,20-,21?/m0/s1. The van der Waals surface area contributed by atoms with Gasteiger partial charge >= 0.3 is 11.9 Å². The van der Waals surface area contributed by atoms with Crippen LogP contribution in [-0.2, 0) is 14.3 Å². The quantitative estimate of drug-likeness (QED) is 0.314. The van der Waals surface area contributed by atoms with E-state index in [0.29, 0.717) is 19.3 Å². The molecule has 0 saturated heterocycles. The zero-order valence-electron chi connectivity index (χ0n) is 18.1. The van der Waals surface area contributed by atoms with Gasteiger partial charge in [0.2, 0.25) is 0 Å². The molecule has 0 aromatic carbocycles. The van der Waals surface area contributed by atoms with Gasteiger partial charge in [-0.15, -0.1) is 0 Å². The topological polar surface area (TPSA) is 124 Å². The Morgan fingerprint density at radius 1 is 1.27 bits per heavy atom. The summed E-state index contributed by atoms with van der Waals surface area (Å²) >= 11 is 0. The van der Waals surface area contributed by atoms with Gasteiger partial charge in [0.05, 0.1) is 18.1 Å². The van der Waals surface area contributed by atoms with E-state index in [4.69, 9.17) is 9.84 Å². The number of unbranched alkanes of at least 4 members (excludes halogenated alkanes) is 1. The third-order valence-electron chi connectivity index (χ3n) is 6.56. The summed E-state index contributed by atoms with van der Waals surface area (Å²) in [5.74, 6) is -1.35. The van der Waals surface area contributed by atoms with Crippen LogP contribution in [0.5, 0.6) is 0 Å². The van der Waals surface area contributed by atoms with Crippen molar-refractivity contribution in [3.8, 4) is 0 Å². The van der Waals surface area contributed by atoms with Crippen molar-refractivity contribution in [1.82, 2.24) is 0 Å². The van der Waals surface area contributed by atoms with Crippen LogP contribution >= 0.6 is 0 Å². The molecule has 0 aromatic heterocycles. The number of aliphatic hydroxyl groups excluding tert-OH is 3. The van der Waals surface area contributed by atoms with E-state index in [1.165, 1.54) is 0 Å². The van der Waals surface area contributed by atoms with Crippen LogP contribution in [0.15, 0.2) is 23.8 Å². The van der Waals surface area contributed by atoms with Crippen LogP contribution in [0.4, 0.5) is 0 Å². The average molecular weight is 425 g/mol. The fraction of sp³-hybridized carbons (Fsp3) is 0.739. The van der Waals surface area contributed by atoms with E-state index in [0.717, 1.165) is 18.4 Å². The summed E-state index contributed by atoms with van der Waals surface area (Å²) in [7, 11) is 0. The number of carboxylic acid groups (broad SMARTS) is 1. The van der Waals surface area contributed by atoms with E-state index in [-0.39, 0.29) is 42.2 Å². The van der Waals surface area contributed by atoms with Gasteiger partial charge in [0.25, 0.3) is 0 Å². The molecule has 0 heterocycles. The molecule has 4 N–H and O–H groups in total. The van der Waals surface area contributed by atoms with Crippen LogP contribution in [0, 0.1) is 23.7 Å². The Labute approximate surface area is 178 Å². The highest BCUT2D eigenvalue weighted by Crippen LogP contribution is 2.44. The number of hydrogen-bond acceptors (Lipinski definition) is 6. The predicted octanol–water partition coefficient (Wildman–Crippen LogP) is 2.44. The number of aliphatic hydroxyl groups is 3. The van der Waals surface area contributed by atoms with Gasteiger partial charge in [0.15, 0.2) is 6.10 Å². The molecule has 0 aromatic rings. The predicted molar refractivity (Wildman–Crippen MR) is 111 cm³/mol. The van der Waals surface area contributed by atoms with Gasteiger partial charge in [-0.1, -0.05) is 51.8 Å². The van der Waals surface area contributed by atoms with Crippen LogP contribution in [0.3, 0.4) is 0 Å². The van der Waals surface area contributed by atoms with Crippen molar-refractivity contribution in [1.29, 1.82) is 0 Å². The Kier molecular flexibility index (Phi) is 9.07. The minimum Gasteiger partial charge on any atom is -0.479 e. The normalized spacial score (nSPS) is 31.3. The van der Waals surface area contributed by atoms with Crippen molar-refractivity contribution in [3.63, 3.8) is 0 Å². The molecule has 2 rings (SSSR count). The lowest BCUT2D eigenvalue weighted by Gasteiger charge is -2.43. The highest BCUT2D eigenvalue weighted by atomic mass is 16.5. The van der Waals surface area contributed by atoms with E-state index < -0.39 is 24.3 Å². The van der Waals surface area contributed by atoms with Crippen LogP contribution < -0.4 is 0 Å². The van der Waals surface area contributed by atoms with E-state index in [1.807, 2.05) is 26.0 Å². The van der Waals surface area contributed by atoms with Gasteiger partial charge < -0.3 is 25.2 Å². The zero-order chi connectivity index (χ0) is 22.4. The molecule has 7 nitrogen and oxygen atoms in total. The third-order valence-corrected chi connectivity index (χ3v) is 6.56. The Hall–Kier alpha value is -1.70. The molecular weight excluding hydrogens is 388 g/mol. The lowest BCUT2D eigenvalue weighted by molar-refractivity contribution is -0.159. The molecule has 0 aliphatic heterocycles. The largest absolute Gasteiger partial charge is 0.479 e. The van der Waals surface area contributed by atoms with Crippen LogP contribution in [-0.4, -0.2) is 56.8 Å². The van der Waals surface area contributed by atoms with Crippen molar-refractivity contribution in [2.75, 3.05) is 0 Å². The molecule has 0 fully saturated rings. The van der Waals surface area contributed by atoms with Gasteiger partial charge in [-0.3, -0.25) is 4.79 Å². The smallest absolute Gasteiger partial charge is 0.335 e. The number of aliphatic carboxylic acids is 1. The van der Waals surface area contributed by atoms with Crippen LogP contribution in [0.25, 0.3) is 0 Å². The molecule has 0 spiro atoms. The second-order valence-corrected chi connectivity index (χ2v) is 8.80. The average Bonchev–Trinajstić information content (AvgIpc) is 2.70. The lowest BCUT2D eigenvalue weighted by atomic mass is 9.66. The van der Waals surface area contributed by atoms with Crippen molar-refractivity contribution in [2.45, 2.75) is 83.7 Å². The van der Waals surface area contributed by atoms with Crippen molar-refractivity contribution in [3.05, 3.63) is 23.8 Å². The van der Waals surface area contributed by atoms with Crippen molar-refractivity contribution < 1.29 is 34.8 Å². The monoisotopic (exact) mass is 424 g/mol. The first-order valence-corrected chi connectivity index (χ1v) is 11.0. The first-order chi connectivity index (χ1) is 14.1. The molecule has 2 aliphatic carbocycles. The van der Waals surface area contributed by atoms with Crippen LogP contribution in [0.1, 0.15) is 59.3 Å². The summed E-state index contributed by atoms with van der Waals surface area (Å²) in [5.41, 5.74) is 1.00. The molecule has 0 radical (unpaired) electrons. The Morgan fingerprint density at radius 2 is 1.97 bits per heavy atom. The van der Waals surface area contributed by atoms with E-state index in [9.17, 15) is 24.9 Å². The molecule has 8 atom stereocenters. The van der Waals surface area contributed by atoms with Crippen molar-refractivity contribution in [2.24, 2.45) is 23.7 Å². The van der Waals surface area contributed by atoms with E-state index >= 15 is 0 Å². The molecular formula is C23H36O7. The molecule has 0 saturated carbocycles. The summed E-state index contributed by atoms with van der Waals surface area (Å²) in [4.78, 5) is 23.2. The summed E-state index contributed by atoms with van der Waals surface area (Å²) in [6.07, 6.45) is 5.37. The highest BCUT2D eigenvalue weighted by Gasteiger charge is 2.41. The van der Waals surface area contributed by atoms with Gasteiger partial charge in [0.1, 0.15) is 6.10 Å². The van der Waals surface area contributed by atoms with E-state index in [2.05, 4.69) is 13.0 Å². The Bertz CT molecular complexity index is 656. The maximum absolute atomic E-state index is 12.4. The van der Waals surface area contributed by atoms with E-state index in [1.54, 1.807) is 0 Å². The van der Waals surface area contributed by atoms with Gasteiger partial charge in [-0.05, 0) is 36.7 Å². The summed E-state index contributed by atoms with van der Waals surface area (Å²) in [5, 5.41) is 38.2. The number of esters is 1. The minimum absolute atomic E-state index is 0.0101. The van der Waals surface area contributed by atoms with Crippen LogP contribution in [0.2, 0.25) is 0 Å². The second kappa shape index (κ2) is 11.1. The maximum atomic E-state index is 12.4. The number of carbonyl (C=O) groups is 2. The molecule has 2 unspecified atom stereocenters. The third kappa shape index (κ3) is 6.15. The lowest BCUT2D eigenvalue weighted by Crippen LogP contribution is -2.42. The first kappa shape index (κ1) is 24.6. The zero-order valence-corrected chi connectivity index (χ0v) is 18.1. The molecule has 170 valence electrons. The SMILES string of the molecule is CCC(C)C(=O)O[C@H]1C[C@H](O)C=C2C=C[C@H](C)[C@H](CCCC[C@@H](O)C(O)C(=O)O)[C@H]21. The molecule has 30 heavy (non-hydrogen) atoms. The number of hydrogen-bond donors (Lipinski definition) is 4. The molecule has 2 aliphatic rings. The number of carbonyl (C=O) groups excluding carboxylic acids is 1. The fourth-order valence-corrected chi connectivity index (χ4v) is 4.47. The molecule has 7 heteroatoms. The summed E-state index contributed by atoms with van der Waals surface area (Å²) in [6, 6.07) is 0. The van der Waals surface area contributed by atoms with Gasteiger partial charge in [-0.25, -0.2) is 4.79 Å². The summed E-state index contributed by atoms with van der Waals surface area (Å²) < 4.78 is 5.85. The molecule has 0 amide bonds.